The van der Waals surface area contributed by atoms with Crippen LogP contribution in [0.5, 0.6) is 17.2 Å². The van der Waals surface area contributed by atoms with E-state index in [1.54, 1.807) is 12.1 Å². The molecule has 0 saturated carbocycles. The lowest BCUT2D eigenvalue weighted by molar-refractivity contribution is -0.147. The molecule has 6 nitrogen and oxygen atoms in total. The van der Waals surface area contributed by atoms with Crippen LogP contribution in [0.15, 0.2) is 18.2 Å². The van der Waals surface area contributed by atoms with Gasteiger partial charge in [0.2, 0.25) is 11.9 Å². The van der Waals surface area contributed by atoms with E-state index in [0.29, 0.717) is 23.9 Å². The Bertz CT molecular complexity index is 514. The molecular weight excluding hydrogens is 298 g/mol. The average molecular weight is 323 g/mol. The summed E-state index contributed by atoms with van der Waals surface area (Å²) in [5.74, 6) is 0.471. The second kappa shape index (κ2) is 8.62. The number of carbonyl (C=O) groups is 1. The number of para-hydroxylation sites is 1. The molecule has 0 bridgehead atoms. The van der Waals surface area contributed by atoms with Crippen LogP contribution < -0.4 is 14.2 Å². The van der Waals surface area contributed by atoms with Crippen molar-refractivity contribution in [2.24, 2.45) is 0 Å². The molecule has 1 aromatic carbocycles. The molecule has 1 atom stereocenters. The van der Waals surface area contributed by atoms with Crippen molar-refractivity contribution in [2.75, 3.05) is 32.8 Å². The summed E-state index contributed by atoms with van der Waals surface area (Å²) in [6, 6.07) is 5.28. The SMILES string of the molecule is CCCN(CCC)CCOc1cccc2c1OCC(C(=O)O)O2. The van der Waals surface area contributed by atoms with Gasteiger partial charge in [0.05, 0.1) is 0 Å². The number of benzene rings is 1. The van der Waals surface area contributed by atoms with Crippen LogP contribution in [0.3, 0.4) is 0 Å². The van der Waals surface area contributed by atoms with Crippen molar-refractivity contribution in [2.45, 2.75) is 32.8 Å². The molecule has 1 aliphatic rings. The zero-order valence-electron chi connectivity index (χ0n) is 13.8. The van der Waals surface area contributed by atoms with Crippen molar-refractivity contribution < 1.29 is 24.1 Å². The highest BCUT2D eigenvalue weighted by Crippen LogP contribution is 2.40. The van der Waals surface area contributed by atoms with Crippen molar-refractivity contribution in [3.05, 3.63) is 18.2 Å². The highest BCUT2D eigenvalue weighted by molar-refractivity contribution is 5.74. The number of hydrogen-bond donors (Lipinski definition) is 1. The van der Waals surface area contributed by atoms with Gasteiger partial charge in [-0.25, -0.2) is 4.79 Å². The fourth-order valence-corrected chi connectivity index (χ4v) is 2.56. The van der Waals surface area contributed by atoms with Crippen LogP contribution in [0.4, 0.5) is 0 Å². The fourth-order valence-electron chi connectivity index (χ4n) is 2.56. The van der Waals surface area contributed by atoms with Crippen molar-refractivity contribution >= 4 is 5.97 Å². The summed E-state index contributed by atoms with van der Waals surface area (Å²) >= 11 is 0. The van der Waals surface area contributed by atoms with E-state index in [2.05, 4.69) is 18.7 Å². The minimum absolute atomic E-state index is 0.0134. The predicted octanol–water partition coefficient (Wildman–Crippen LogP) is 2.41. The first-order valence-electron chi connectivity index (χ1n) is 8.16. The summed E-state index contributed by atoms with van der Waals surface area (Å²) in [7, 11) is 0. The van der Waals surface area contributed by atoms with Crippen LogP contribution in [0.2, 0.25) is 0 Å². The third-order valence-electron chi connectivity index (χ3n) is 3.61. The van der Waals surface area contributed by atoms with E-state index in [1.807, 2.05) is 6.07 Å². The molecule has 0 amide bonds. The molecule has 128 valence electrons. The summed E-state index contributed by atoms with van der Waals surface area (Å²) in [4.78, 5) is 13.3. The normalized spacial score (nSPS) is 16.4. The van der Waals surface area contributed by atoms with Gasteiger partial charge in [-0.1, -0.05) is 19.9 Å². The lowest BCUT2D eigenvalue weighted by Gasteiger charge is -2.26. The molecule has 23 heavy (non-hydrogen) atoms. The Balaban J connectivity index is 1.94. The van der Waals surface area contributed by atoms with Gasteiger partial charge >= 0.3 is 5.97 Å². The Morgan fingerprint density at radius 1 is 1.30 bits per heavy atom. The molecule has 6 heteroatoms. The molecule has 1 aliphatic heterocycles. The van der Waals surface area contributed by atoms with Gasteiger partial charge in [-0.2, -0.15) is 0 Å². The molecule has 0 radical (unpaired) electrons. The van der Waals surface area contributed by atoms with Crippen LogP contribution in [-0.4, -0.2) is 54.9 Å². The standard InChI is InChI=1S/C17H25NO5/c1-3-8-18(9-4-2)10-11-21-13-6-5-7-14-16(13)22-12-15(23-14)17(19)20/h5-7,15H,3-4,8-12H2,1-2H3,(H,19,20). The number of carboxylic acid groups (broad SMARTS) is 1. The molecule has 1 unspecified atom stereocenters. The molecule has 0 fully saturated rings. The predicted molar refractivity (Wildman–Crippen MR) is 86.5 cm³/mol. The molecule has 1 N–H and O–H groups in total. The second-order valence-electron chi connectivity index (χ2n) is 5.53. The maximum Gasteiger partial charge on any atom is 0.348 e. The summed E-state index contributed by atoms with van der Waals surface area (Å²) in [5.41, 5.74) is 0. The first kappa shape index (κ1) is 17.4. The molecule has 0 saturated heterocycles. The average Bonchev–Trinajstić information content (AvgIpc) is 2.55. The Kier molecular flexibility index (Phi) is 6.52. The molecule has 2 rings (SSSR count). The lowest BCUT2D eigenvalue weighted by Crippen LogP contribution is -2.36. The van der Waals surface area contributed by atoms with Gasteiger partial charge in [-0.15, -0.1) is 0 Å². The Morgan fingerprint density at radius 3 is 2.70 bits per heavy atom. The minimum atomic E-state index is -1.03. The molecule has 0 aliphatic carbocycles. The third kappa shape index (κ3) is 4.76. The largest absolute Gasteiger partial charge is 0.488 e. The van der Waals surface area contributed by atoms with Gasteiger partial charge in [0.1, 0.15) is 13.2 Å². The van der Waals surface area contributed by atoms with E-state index in [4.69, 9.17) is 19.3 Å². The van der Waals surface area contributed by atoms with E-state index in [1.165, 1.54) is 0 Å². The zero-order valence-corrected chi connectivity index (χ0v) is 13.8. The summed E-state index contributed by atoms with van der Waals surface area (Å²) in [5, 5.41) is 8.99. The van der Waals surface area contributed by atoms with Crippen LogP contribution in [0, 0.1) is 0 Å². The third-order valence-corrected chi connectivity index (χ3v) is 3.61. The highest BCUT2D eigenvalue weighted by Gasteiger charge is 2.29. The van der Waals surface area contributed by atoms with Gasteiger partial charge < -0.3 is 19.3 Å². The van der Waals surface area contributed by atoms with Crippen molar-refractivity contribution in [1.29, 1.82) is 0 Å². The van der Waals surface area contributed by atoms with Crippen molar-refractivity contribution in [1.82, 2.24) is 4.90 Å². The quantitative estimate of drug-likeness (QED) is 0.753. The van der Waals surface area contributed by atoms with Crippen LogP contribution in [0.25, 0.3) is 0 Å². The summed E-state index contributed by atoms with van der Waals surface area (Å²) in [6.07, 6.45) is 1.27. The molecule has 1 heterocycles. The number of carboxylic acids is 1. The fraction of sp³-hybridized carbons (Fsp3) is 0.588. The Hall–Kier alpha value is -1.95. The van der Waals surface area contributed by atoms with Crippen LogP contribution in [-0.2, 0) is 4.79 Å². The van der Waals surface area contributed by atoms with E-state index in [9.17, 15) is 4.79 Å². The van der Waals surface area contributed by atoms with Gasteiger partial charge in [-0.3, -0.25) is 4.90 Å². The molecule has 0 aromatic heterocycles. The molecular formula is C17H25NO5. The van der Waals surface area contributed by atoms with Crippen LogP contribution in [0.1, 0.15) is 26.7 Å². The molecule has 1 aromatic rings. The van der Waals surface area contributed by atoms with Crippen molar-refractivity contribution in [3.8, 4) is 17.2 Å². The summed E-state index contributed by atoms with van der Waals surface area (Å²) in [6.45, 7) is 7.85. The number of rotatable bonds is 9. The number of fused-ring (bicyclic) bond motifs is 1. The van der Waals surface area contributed by atoms with E-state index >= 15 is 0 Å². The maximum absolute atomic E-state index is 11.0. The highest BCUT2D eigenvalue weighted by atomic mass is 16.6. The van der Waals surface area contributed by atoms with Gasteiger partial charge in [0, 0.05) is 6.54 Å². The minimum Gasteiger partial charge on any atom is -0.488 e. The Morgan fingerprint density at radius 2 is 2.04 bits per heavy atom. The van der Waals surface area contributed by atoms with E-state index in [-0.39, 0.29) is 6.61 Å². The summed E-state index contributed by atoms with van der Waals surface area (Å²) < 4.78 is 16.8. The van der Waals surface area contributed by atoms with Crippen LogP contribution >= 0.6 is 0 Å². The lowest BCUT2D eigenvalue weighted by atomic mass is 10.2. The van der Waals surface area contributed by atoms with Crippen molar-refractivity contribution in [3.63, 3.8) is 0 Å². The van der Waals surface area contributed by atoms with Gasteiger partial charge in [-0.05, 0) is 38.1 Å². The first-order valence-corrected chi connectivity index (χ1v) is 8.16. The molecule has 0 spiro atoms. The van der Waals surface area contributed by atoms with Gasteiger partial charge in [0.25, 0.3) is 0 Å². The monoisotopic (exact) mass is 323 g/mol. The zero-order chi connectivity index (χ0) is 16.7. The number of nitrogens with zero attached hydrogens (tertiary/aromatic N) is 1. The number of ether oxygens (including phenoxy) is 3. The first-order chi connectivity index (χ1) is 11.2. The smallest absolute Gasteiger partial charge is 0.348 e. The van der Waals surface area contributed by atoms with Gasteiger partial charge in [0.15, 0.2) is 11.5 Å². The van der Waals surface area contributed by atoms with E-state index in [0.717, 1.165) is 32.5 Å². The number of hydrogen-bond acceptors (Lipinski definition) is 5. The topological polar surface area (TPSA) is 68.2 Å². The number of aliphatic carboxylic acids is 1. The Labute approximate surface area is 136 Å². The van der Waals surface area contributed by atoms with E-state index < -0.39 is 12.1 Å². The maximum atomic E-state index is 11.0. The second-order valence-corrected chi connectivity index (χ2v) is 5.53.